The van der Waals surface area contributed by atoms with Crippen LogP contribution in [-0.4, -0.2) is 49.7 Å². The Morgan fingerprint density at radius 2 is 1.22 bits per heavy atom. The largest absolute Gasteiger partial charge is 0.462 e. The molecule has 0 bridgehead atoms. The van der Waals surface area contributed by atoms with Crippen LogP contribution in [0.1, 0.15) is 136 Å². The van der Waals surface area contributed by atoms with Gasteiger partial charge in [-0.05, 0) is 19.3 Å². The first-order valence-electron chi connectivity index (χ1n) is 14.8. The van der Waals surface area contributed by atoms with Gasteiger partial charge in [0.15, 0.2) is 0 Å². The fourth-order valence-electron chi connectivity index (χ4n) is 4.82. The van der Waals surface area contributed by atoms with Crippen LogP contribution in [0.3, 0.4) is 0 Å². The van der Waals surface area contributed by atoms with E-state index in [4.69, 9.17) is 9.47 Å². The lowest BCUT2D eigenvalue weighted by Crippen LogP contribution is -2.45. The summed E-state index contributed by atoms with van der Waals surface area (Å²) in [6.45, 7) is 4.97. The van der Waals surface area contributed by atoms with Crippen molar-refractivity contribution in [2.75, 3.05) is 13.7 Å². The number of carbonyl (C=O) groups excluding carboxylic acids is 3. The Bertz CT molecular complexity index is 598. The van der Waals surface area contributed by atoms with E-state index < -0.39 is 0 Å². The van der Waals surface area contributed by atoms with Crippen molar-refractivity contribution >= 4 is 17.8 Å². The predicted molar refractivity (Wildman–Crippen MR) is 145 cm³/mol. The molecule has 0 radical (unpaired) electrons. The summed E-state index contributed by atoms with van der Waals surface area (Å²) in [7, 11) is 1.65. The summed E-state index contributed by atoms with van der Waals surface area (Å²) in [6, 6.07) is -0.112. The van der Waals surface area contributed by atoms with Crippen LogP contribution in [0.4, 0.5) is 0 Å². The van der Waals surface area contributed by atoms with Crippen molar-refractivity contribution in [1.82, 2.24) is 10.6 Å². The number of hydrogen-bond acceptors (Lipinski definition) is 5. The Morgan fingerprint density at radius 3 is 1.83 bits per heavy atom. The summed E-state index contributed by atoms with van der Waals surface area (Å²) in [6.07, 6.45) is 18.2. The van der Waals surface area contributed by atoms with Crippen LogP contribution in [0.25, 0.3) is 0 Å². The van der Waals surface area contributed by atoms with Gasteiger partial charge in [-0.2, -0.15) is 0 Å². The molecule has 1 saturated carbocycles. The van der Waals surface area contributed by atoms with E-state index in [0.717, 1.165) is 25.7 Å². The lowest BCUT2D eigenvalue weighted by molar-refractivity contribution is -0.153. The van der Waals surface area contributed by atoms with Crippen molar-refractivity contribution in [2.45, 2.75) is 154 Å². The number of nitrogens with one attached hydrogen (secondary N) is 2. The highest BCUT2D eigenvalue weighted by Gasteiger charge is 2.32. The van der Waals surface area contributed by atoms with Crippen LogP contribution in [0, 0.1) is 0 Å². The second-order valence-electron chi connectivity index (χ2n) is 10.4. The number of hydrogen-bond donors (Lipinski definition) is 2. The van der Waals surface area contributed by atoms with Crippen LogP contribution in [0.5, 0.6) is 0 Å². The van der Waals surface area contributed by atoms with Crippen LogP contribution in [0.15, 0.2) is 0 Å². The van der Waals surface area contributed by atoms with Gasteiger partial charge in [0.2, 0.25) is 11.8 Å². The van der Waals surface area contributed by atoms with Gasteiger partial charge < -0.3 is 20.1 Å². The van der Waals surface area contributed by atoms with Crippen molar-refractivity contribution in [1.29, 1.82) is 0 Å². The maximum atomic E-state index is 12.4. The van der Waals surface area contributed by atoms with Crippen LogP contribution < -0.4 is 10.6 Å². The average Bonchev–Trinajstić information content (AvgIpc) is 2.86. The van der Waals surface area contributed by atoms with E-state index in [1.807, 2.05) is 0 Å². The topological polar surface area (TPSA) is 93.7 Å². The van der Waals surface area contributed by atoms with Gasteiger partial charge >= 0.3 is 5.97 Å². The maximum absolute atomic E-state index is 12.4. The van der Waals surface area contributed by atoms with Gasteiger partial charge in [0.05, 0.1) is 6.10 Å². The van der Waals surface area contributed by atoms with Crippen molar-refractivity contribution in [2.24, 2.45) is 0 Å². The summed E-state index contributed by atoms with van der Waals surface area (Å²) in [5, 5.41) is 5.84. The molecule has 0 saturated heterocycles. The molecule has 2 N–H and O–H groups in total. The summed E-state index contributed by atoms with van der Waals surface area (Å²) in [5.41, 5.74) is 0. The Balaban J connectivity index is 2.20. The first kappa shape index (κ1) is 32.4. The van der Waals surface area contributed by atoms with E-state index >= 15 is 0 Å². The molecule has 0 aliphatic heterocycles. The molecule has 0 spiro atoms. The van der Waals surface area contributed by atoms with Crippen molar-refractivity contribution in [3.05, 3.63) is 0 Å². The molecule has 0 aromatic heterocycles. The van der Waals surface area contributed by atoms with Gasteiger partial charge in [-0.15, -0.1) is 0 Å². The molecular formula is C29H54N2O5. The van der Waals surface area contributed by atoms with Crippen molar-refractivity contribution in [3.63, 3.8) is 0 Å². The maximum Gasteiger partial charge on any atom is 0.306 e. The van der Waals surface area contributed by atoms with Gasteiger partial charge in [0, 0.05) is 51.8 Å². The minimum atomic E-state index is -0.244. The predicted octanol–water partition coefficient (Wildman–Crippen LogP) is 5.98. The molecule has 7 nitrogen and oxygen atoms in total. The van der Waals surface area contributed by atoms with E-state index in [1.165, 1.54) is 57.8 Å². The molecule has 2 amide bonds. The standard InChI is InChI=1S/C29H54N2O5/c1-4-6-8-9-10-11-12-13-14-15-16-17-29(34)36-26-22-24(21-25(23-26)35-3)31-28(33)19-18-27(32)30-20-7-5-2/h24-26H,4-23H2,1-3H3,(H,30,32)(H,31,33). The molecule has 210 valence electrons. The smallest absolute Gasteiger partial charge is 0.306 e. The third-order valence-electron chi connectivity index (χ3n) is 7.03. The second-order valence-corrected chi connectivity index (χ2v) is 10.4. The molecule has 7 heteroatoms. The number of methoxy groups -OCH3 is 1. The number of carbonyl (C=O) groups is 3. The molecule has 0 heterocycles. The van der Waals surface area contributed by atoms with E-state index in [2.05, 4.69) is 24.5 Å². The molecule has 1 aliphatic carbocycles. The molecule has 1 fully saturated rings. The number of amides is 2. The van der Waals surface area contributed by atoms with E-state index in [-0.39, 0.29) is 48.9 Å². The monoisotopic (exact) mass is 510 g/mol. The summed E-state index contributed by atoms with van der Waals surface area (Å²) < 4.78 is 11.3. The van der Waals surface area contributed by atoms with Crippen LogP contribution >= 0.6 is 0 Å². The molecule has 3 unspecified atom stereocenters. The van der Waals surface area contributed by atoms with Crippen molar-refractivity contribution < 1.29 is 23.9 Å². The van der Waals surface area contributed by atoms with E-state index in [1.54, 1.807) is 7.11 Å². The number of rotatable bonds is 21. The second kappa shape index (κ2) is 21.5. The number of unbranched alkanes of at least 4 members (excludes halogenated alkanes) is 11. The average molecular weight is 511 g/mol. The fourth-order valence-corrected chi connectivity index (χ4v) is 4.82. The zero-order chi connectivity index (χ0) is 26.4. The van der Waals surface area contributed by atoms with E-state index in [9.17, 15) is 14.4 Å². The summed E-state index contributed by atoms with van der Waals surface area (Å²) >= 11 is 0. The number of esters is 1. The summed E-state index contributed by atoms with van der Waals surface area (Å²) in [4.78, 5) is 36.6. The highest BCUT2D eigenvalue weighted by atomic mass is 16.5. The third kappa shape index (κ3) is 16.9. The van der Waals surface area contributed by atoms with Crippen LogP contribution in [-0.2, 0) is 23.9 Å². The highest BCUT2D eigenvalue weighted by molar-refractivity contribution is 5.83. The SMILES string of the molecule is CCCCCCCCCCCCCC(=O)OC1CC(NC(=O)CCC(=O)NCCCC)CC(OC)C1. The van der Waals surface area contributed by atoms with Gasteiger partial charge in [0.25, 0.3) is 0 Å². The first-order chi connectivity index (χ1) is 17.5. The number of ether oxygens (including phenoxy) is 2. The zero-order valence-corrected chi connectivity index (χ0v) is 23.4. The molecular weight excluding hydrogens is 456 g/mol. The Morgan fingerprint density at radius 1 is 0.667 bits per heavy atom. The van der Waals surface area contributed by atoms with Gasteiger partial charge in [-0.25, -0.2) is 0 Å². The molecule has 0 aromatic rings. The molecule has 0 aromatic carbocycles. The molecule has 1 aliphatic rings. The van der Waals surface area contributed by atoms with Gasteiger partial charge in [-0.1, -0.05) is 84.5 Å². The lowest BCUT2D eigenvalue weighted by atomic mass is 9.90. The summed E-state index contributed by atoms with van der Waals surface area (Å²) in [5.74, 6) is -0.388. The minimum absolute atomic E-state index is 0.0545. The molecule has 36 heavy (non-hydrogen) atoms. The van der Waals surface area contributed by atoms with Crippen molar-refractivity contribution in [3.8, 4) is 0 Å². The molecule has 1 rings (SSSR count). The van der Waals surface area contributed by atoms with E-state index in [0.29, 0.717) is 32.2 Å². The Labute approximate surface area is 220 Å². The highest BCUT2D eigenvalue weighted by Crippen LogP contribution is 2.25. The van der Waals surface area contributed by atoms with Gasteiger partial charge in [0.1, 0.15) is 6.10 Å². The Kier molecular flexibility index (Phi) is 19.3. The zero-order valence-electron chi connectivity index (χ0n) is 23.4. The lowest BCUT2D eigenvalue weighted by Gasteiger charge is -2.34. The Hall–Kier alpha value is -1.63. The van der Waals surface area contributed by atoms with Crippen LogP contribution in [0.2, 0.25) is 0 Å². The quantitative estimate of drug-likeness (QED) is 0.146. The normalized spacial score (nSPS) is 19.6. The minimum Gasteiger partial charge on any atom is -0.462 e. The molecule has 3 atom stereocenters. The first-order valence-corrected chi connectivity index (χ1v) is 14.8. The van der Waals surface area contributed by atoms with Gasteiger partial charge in [-0.3, -0.25) is 14.4 Å². The fraction of sp³-hybridized carbons (Fsp3) is 0.897. The third-order valence-corrected chi connectivity index (χ3v) is 7.03.